The van der Waals surface area contributed by atoms with Gasteiger partial charge in [0.25, 0.3) is 5.91 Å². The van der Waals surface area contributed by atoms with Crippen molar-refractivity contribution in [2.75, 3.05) is 29.9 Å². The average molecular weight is 420 g/mol. The van der Waals surface area contributed by atoms with E-state index < -0.39 is 0 Å². The van der Waals surface area contributed by atoms with Crippen LogP contribution in [0.15, 0.2) is 41.2 Å². The first-order chi connectivity index (χ1) is 15.0. The highest BCUT2D eigenvalue weighted by atomic mass is 16.2. The number of aryl methyl sites for hydroxylation is 1. The maximum atomic E-state index is 12.7. The Balaban J connectivity index is 1.28. The fourth-order valence-electron chi connectivity index (χ4n) is 5.10. The number of aromatic nitrogens is 2. The number of fused-ring (bicyclic) bond motifs is 1. The fourth-order valence-corrected chi connectivity index (χ4v) is 5.10. The SMILES string of the molecule is Cc1cc(N2CCC(N3CCCC3C)C2)ccc1NC(=O)c1ccc2[nH]c(=O)[nH]c2c1. The molecule has 2 aliphatic rings. The molecule has 0 saturated carbocycles. The van der Waals surface area contributed by atoms with Gasteiger partial charge in [-0.25, -0.2) is 4.79 Å². The number of H-pyrrole nitrogens is 2. The third kappa shape index (κ3) is 3.85. The predicted molar refractivity (Wildman–Crippen MR) is 124 cm³/mol. The van der Waals surface area contributed by atoms with Crippen LogP contribution in [-0.4, -0.2) is 52.5 Å². The van der Waals surface area contributed by atoms with Crippen LogP contribution in [0.25, 0.3) is 11.0 Å². The molecule has 3 N–H and O–H groups in total. The highest BCUT2D eigenvalue weighted by Crippen LogP contribution is 2.30. The van der Waals surface area contributed by atoms with Crippen molar-refractivity contribution < 1.29 is 4.79 Å². The third-order valence-corrected chi connectivity index (χ3v) is 6.84. The monoisotopic (exact) mass is 419 g/mol. The van der Waals surface area contributed by atoms with Gasteiger partial charge in [0.1, 0.15) is 0 Å². The Bertz CT molecular complexity index is 1180. The van der Waals surface area contributed by atoms with Crippen LogP contribution < -0.4 is 15.9 Å². The Labute approximate surface area is 181 Å². The molecular formula is C24H29N5O2. The number of amides is 1. The fraction of sp³-hybridized carbons (Fsp3) is 0.417. The second kappa shape index (κ2) is 7.89. The molecule has 0 aliphatic carbocycles. The van der Waals surface area contributed by atoms with E-state index in [0.717, 1.165) is 24.3 Å². The molecule has 5 rings (SSSR count). The Morgan fingerprint density at radius 1 is 1.06 bits per heavy atom. The number of imidazole rings is 1. The molecule has 1 amide bonds. The third-order valence-electron chi connectivity index (χ3n) is 6.84. The zero-order valence-electron chi connectivity index (χ0n) is 18.1. The van der Waals surface area contributed by atoms with E-state index in [1.807, 2.05) is 13.0 Å². The van der Waals surface area contributed by atoms with Crippen molar-refractivity contribution in [1.82, 2.24) is 14.9 Å². The molecule has 31 heavy (non-hydrogen) atoms. The molecule has 3 aromatic rings. The molecule has 0 spiro atoms. The molecule has 7 nitrogen and oxygen atoms in total. The summed E-state index contributed by atoms with van der Waals surface area (Å²) >= 11 is 0. The minimum absolute atomic E-state index is 0.191. The largest absolute Gasteiger partial charge is 0.370 e. The molecule has 7 heteroatoms. The lowest BCUT2D eigenvalue weighted by molar-refractivity contribution is 0.102. The molecule has 0 bridgehead atoms. The first-order valence-corrected chi connectivity index (χ1v) is 11.1. The van der Waals surface area contributed by atoms with E-state index in [0.29, 0.717) is 28.7 Å². The summed E-state index contributed by atoms with van der Waals surface area (Å²) in [7, 11) is 0. The second-order valence-electron chi connectivity index (χ2n) is 8.91. The Kier molecular flexibility index (Phi) is 5.06. The van der Waals surface area contributed by atoms with Gasteiger partial charge in [-0.15, -0.1) is 0 Å². The van der Waals surface area contributed by atoms with Crippen molar-refractivity contribution >= 4 is 28.3 Å². The normalized spacial score (nSPS) is 21.8. The topological polar surface area (TPSA) is 84.2 Å². The van der Waals surface area contributed by atoms with Crippen molar-refractivity contribution in [3.05, 3.63) is 58.0 Å². The Morgan fingerprint density at radius 2 is 1.90 bits per heavy atom. The van der Waals surface area contributed by atoms with Crippen molar-refractivity contribution in [3.63, 3.8) is 0 Å². The molecule has 2 unspecified atom stereocenters. The van der Waals surface area contributed by atoms with Crippen LogP contribution in [0.4, 0.5) is 11.4 Å². The van der Waals surface area contributed by atoms with Gasteiger partial charge in [-0.1, -0.05) is 0 Å². The summed E-state index contributed by atoms with van der Waals surface area (Å²) in [4.78, 5) is 34.7. The number of aromatic amines is 2. The quantitative estimate of drug-likeness (QED) is 0.605. The Hall–Kier alpha value is -3.06. The molecule has 2 fully saturated rings. The van der Waals surface area contributed by atoms with Gasteiger partial charge in [-0.05, 0) is 81.6 Å². The molecule has 2 aromatic carbocycles. The molecule has 2 atom stereocenters. The minimum Gasteiger partial charge on any atom is -0.370 e. The summed E-state index contributed by atoms with van der Waals surface area (Å²) < 4.78 is 0. The minimum atomic E-state index is -0.276. The van der Waals surface area contributed by atoms with Crippen LogP contribution >= 0.6 is 0 Å². The smallest absolute Gasteiger partial charge is 0.323 e. The van der Waals surface area contributed by atoms with Crippen molar-refractivity contribution in [2.45, 2.75) is 45.2 Å². The van der Waals surface area contributed by atoms with Crippen LogP contribution in [0.1, 0.15) is 42.1 Å². The number of benzene rings is 2. The average Bonchev–Trinajstić information content (AvgIpc) is 3.47. The maximum absolute atomic E-state index is 12.7. The van der Waals surface area contributed by atoms with Gasteiger partial charge in [0.15, 0.2) is 0 Å². The van der Waals surface area contributed by atoms with E-state index in [-0.39, 0.29) is 11.6 Å². The zero-order chi connectivity index (χ0) is 21.5. The van der Waals surface area contributed by atoms with E-state index in [1.165, 1.54) is 31.5 Å². The van der Waals surface area contributed by atoms with Gasteiger partial charge in [0, 0.05) is 42.1 Å². The molecular weight excluding hydrogens is 390 g/mol. The summed E-state index contributed by atoms with van der Waals surface area (Å²) in [5.74, 6) is -0.191. The van der Waals surface area contributed by atoms with E-state index in [2.05, 4.69) is 44.1 Å². The highest BCUT2D eigenvalue weighted by molar-refractivity contribution is 6.06. The number of likely N-dealkylation sites (tertiary alicyclic amines) is 1. The molecule has 0 radical (unpaired) electrons. The summed E-state index contributed by atoms with van der Waals surface area (Å²) in [6.07, 6.45) is 3.85. The Morgan fingerprint density at radius 3 is 2.68 bits per heavy atom. The van der Waals surface area contributed by atoms with Crippen LogP contribution in [0.2, 0.25) is 0 Å². The van der Waals surface area contributed by atoms with Crippen LogP contribution in [0.3, 0.4) is 0 Å². The molecule has 2 saturated heterocycles. The lowest BCUT2D eigenvalue weighted by atomic mass is 10.1. The van der Waals surface area contributed by atoms with E-state index in [1.54, 1.807) is 18.2 Å². The number of rotatable bonds is 4. The van der Waals surface area contributed by atoms with Crippen LogP contribution in [0.5, 0.6) is 0 Å². The molecule has 1 aromatic heterocycles. The lowest BCUT2D eigenvalue weighted by Gasteiger charge is -2.28. The summed E-state index contributed by atoms with van der Waals surface area (Å²) in [6.45, 7) is 7.76. The zero-order valence-corrected chi connectivity index (χ0v) is 18.1. The number of carbonyl (C=O) groups is 1. The van der Waals surface area contributed by atoms with Crippen molar-refractivity contribution in [3.8, 4) is 0 Å². The predicted octanol–water partition coefficient (Wildman–Crippen LogP) is 3.48. The first-order valence-electron chi connectivity index (χ1n) is 11.1. The second-order valence-corrected chi connectivity index (χ2v) is 8.91. The lowest BCUT2D eigenvalue weighted by Crippen LogP contribution is -2.39. The molecule has 162 valence electrons. The summed E-state index contributed by atoms with van der Waals surface area (Å²) in [6, 6.07) is 12.8. The van der Waals surface area contributed by atoms with Gasteiger partial charge in [-0.2, -0.15) is 0 Å². The standard InChI is InChI=1S/C24H29N5O2/c1-15-12-18(28-11-9-19(14-28)29-10-3-4-16(29)2)6-8-20(15)25-23(30)17-5-7-21-22(13-17)27-24(31)26-21/h5-8,12-13,16,19H,3-4,9-11,14H2,1-2H3,(H,25,30)(H2,26,27,31). The first kappa shape index (κ1) is 19.9. The van der Waals surface area contributed by atoms with Gasteiger partial charge in [-0.3, -0.25) is 9.69 Å². The van der Waals surface area contributed by atoms with Gasteiger partial charge >= 0.3 is 5.69 Å². The van der Waals surface area contributed by atoms with Gasteiger partial charge < -0.3 is 20.2 Å². The summed E-state index contributed by atoms with van der Waals surface area (Å²) in [5.41, 5.74) is 4.61. The van der Waals surface area contributed by atoms with Gasteiger partial charge in [0.2, 0.25) is 0 Å². The van der Waals surface area contributed by atoms with Crippen LogP contribution in [0, 0.1) is 6.92 Å². The number of nitrogens with zero attached hydrogens (tertiary/aromatic N) is 2. The number of hydrogen-bond acceptors (Lipinski definition) is 4. The molecule has 3 heterocycles. The highest BCUT2D eigenvalue weighted by Gasteiger charge is 2.33. The van der Waals surface area contributed by atoms with E-state index >= 15 is 0 Å². The maximum Gasteiger partial charge on any atom is 0.323 e. The van der Waals surface area contributed by atoms with E-state index in [4.69, 9.17) is 0 Å². The number of hydrogen-bond donors (Lipinski definition) is 3. The number of anilines is 2. The summed E-state index contributed by atoms with van der Waals surface area (Å²) in [5, 5.41) is 3.01. The van der Waals surface area contributed by atoms with Crippen molar-refractivity contribution in [2.24, 2.45) is 0 Å². The molecule has 2 aliphatic heterocycles. The number of nitrogens with one attached hydrogen (secondary N) is 3. The van der Waals surface area contributed by atoms with Crippen molar-refractivity contribution in [1.29, 1.82) is 0 Å². The number of carbonyl (C=O) groups excluding carboxylic acids is 1. The van der Waals surface area contributed by atoms with E-state index in [9.17, 15) is 9.59 Å². The van der Waals surface area contributed by atoms with Crippen LogP contribution in [-0.2, 0) is 0 Å². The van der Waals surface area contributed by atoms with Gasteiger partial charge in [0.05, 0.1) is 11.0 Å².